The highest BCUT2D eigenvalue weighted by atomic mass is 15.5. The van der Waals surface area contributed by atoms with Crippen LogP contribution in [0.3, 0.4) is 0 Å². The average molecular weight is 279 g/mol. The first-order valence-electron chi connectivity index (χ1n) is 6.92. The quantitative estimate of drug-likeness (QED) is 0.772. The van der Waals surface area contributed by atoms with Gasteiger partial charge in [-0.25, -0.2) is 4.68 Å². The number of tetrazole rings is 1. The lowest BCUT2D eigenvalue weighted by molar-refractivity contribution is 0.625. The van der Waals surface area contributed by atoms with E-state index in [9.17, 15) is 0 Å². The summed E-state index contributed by atoms with van der Waals surface area (Å²) in [4.78, 5) is 0. The van der Waals surface area contributed by atoms with Crippen LogP contribution in [0.1, 0.15) is 22.5 Å². The second-order valence-corrected chi connectivity index (χ2v) is 4.94. The van der Waals surface area contributed by atoms with Crippen molar-refractivity contribution in [1.29, 1.82) is 0 Å². The molecule has 1 aromatic heterocycles. The Labute approximate surface area is 123 Å². The van der Waals surface area contributed by atoms with Gasteiger partial charge in [-0.2, -0.15) is 0 Å². The standard InChI is InChI=1S/C16H17N5/c17-11-14-6-8-15(9-7-14)12-21-16(18-19-20-21)10-13-4-2-1-3-5-13/h1-9H,10-12,17H2. The van der Waals surface area contributed by atoms with Crippen LogP contribution in [0, 0.1) is 0 Å². The lowest BCUT2D eigenvalue weighted by Gasteiger charge is -2.06. The van der Waals surface area contributed by atoms with E-state index in [2.05, 4.69) is 39.8 Å². The van der Waals surface area contributed by atoms with Gasteiger partial charge in [0.25, 0.3) is 0 Å². The van der Waals surface area contributed by atoms with Crippen LogP contribution in [0.15, 0.2) is 54.6 Å². The first kappa shape index (κ1) is 13.5. The third-order valence-electron chi connectivity index (χ3n) is 3.40. The molecule has 3 aromatic rings. The zero-order valence-electron chi connectivity index (χ0n) is 11.7. The molecule has 0 saturated heterocycles. The van der Waals surface area contributed by atoms with Crippen LogP contribution < -0.4 is 5.73 Å². The fourth-order valence-corrected chi connectivity index (χ4v) is 2.20. The zero-order valence-corrected chi connectivity index (χ0v) is 11.7. The summed E-state index contributed by atoms with van der Waals surface area (Å²) in [5, 5.41) is 12.0. The monoisotopic (exact) mass is 279 g/mol. The maximum absolute atomic E-state index is 5.61. The molecule has 0 fully saturated rings. The first-order chi connectivity index (χ1) is 10.3. The molecule has 0 aliphatic rings. The summed E-state index contributed by atoms with van der Waals surface area (Å²) in [5.41, 5.74) is 9.10. The smallest absolute Gasteiger partial charge is 0.156 e. The van der Waals surface area contributed by atoms with Gasteiger partial charge < -0.3 is 5.73 Å². The minimum atomic E-state index is 0.560. The lowest BCUT2D eigenvalue weighted by Crippen LogP contribution is -2.08. The Kier molecular flexibility index (Phi) is 4.02. The molecule has 5 nitrogen and oxygen atoms in total. The molecule has 0 unspecified atom stereocenters. The Hall–Kier alpha value is -2.53. The van der Waals surface area contributed by atoms with E-state index < -0.39 is 0 Å². The molecule has 1 heterocycles. The Balaban J connectivity index is 1.75. The van der Waals surface area contributed by atoms with Crippen LogP contribution >= 0.6 is 0 Å². The highest BCUT2D eigenvalue weighted by molar-refractivity contribution is 5.23. The normalized spacial score (nSPS) is 10.7. The molecule has 0 amide bonds. The Morgan fingerprint density at radius 2 is 1.57 bits per heavy atom. The van der Waals surface area contributed by atoms with Gasteiger partial charge in [-0.15, -0.1) is 5.10 Å². The number of rotatable bonds is 5. The molecule has 0 aliphatic carbocycles. The molecule has 0 atom stereocenters. The number of nitrogens with two attached hydrogens (primary N) is 1. The van der Waals surface area contributed by atoms with Gasteiger partial charge in [0.05, 0.1) is 6.54 Å². The van der Waals surface area contributed by atoms with Crippen LogP contribution in [-0.4, -0.2) is 20.2 Å². The predicted octanol–water partition coefficient (Wildman–Crippen LogP) is 1.77. The van der Waals surface area contributed by atoms with Crippen LogP contribution in [0.2, 0.25) is 0 Å². The van der Waals surface area contributed by atoms with Crippen LogP contribution in [0.5, 0.6) is 0 Å². The summed E-state index contributed by atoms with van der Waals surface area (Å²) >= 11 is 0. The molecule has 5 heteroatoms. The molecule has 0 saturated carbocycles. The maximum atomic E-state index is 5.61. The van der Waals surface area contributed by atoms with E-state index in [1.165, 1.54) is 5.56 Å². The molecular weight excluding hydrogens is 262 g/mol. The third kappa shape index (κ3) is 3.32. The van der Waals surface area contributed by atoms with E-state index in [1.807, 2.05) is 35.0 Å². The fraction of sp³-hybridized carbons (Fsp3) is 0.188. The summed E-state index contributed by atoms with van der Waals surface area (Å²) in [6, 6.07) is 18.4. The molecule has 2 N–H and O–H groups in total. The number of nitrogens with zero attached hydrogens (tertiary/aromatic N) is 4. The summed E-state index contributed by atoms with van der Waals surface area (Å²) < 4.78 is 1.84. The average Bonchev–Trinajstić information content (AvgIpc) is 2.96. The summed E-state index contributed by atoms with van der Waals surface area (Å²) in [7, 11) is 0. The van der Waals surface area contributed by atoms with Gasteiger partial charge in [-0.1, -0.05) is 54.6 Å². The van der Waals surface area contributed by atoms with E-state index in [1.54, 1.807) is 0 Å². The molecule has 0 bridgehead atoms. The summed E-state index contributed by atoms with van der Waals surface area (Å²) in [6.45, 7) is 1.23. The fourth-order valence-electron chi connectivity index (χ4n) is 2.20. The Morgan fingerprint density at radius 1 is 0.857 bits per heavy atom. The van der Waals surface area contributed by atoms with E-state index >= 15 is 0 Å². The SMILES string of the molecule is NCc1ccc(Cn2nnnc2Cc2ccccc2)cc1. The van der Waals surface area contributed by atoms with Gasteiger partial charge in [0.1, 0.15) is 0 Å². The number of benzene rings is 2. The predicted molar refractivity (Wildman–Crippen MR) is 80.5 cm³/mol. The lowest BCUT2D eigenvalue weighted by atomic mass is 10.1. The van der Waals surface area contributed by atoms with Crippen molar-refractivity contribution in [2.24, 2.45) is 5.73 Å². The van der Waals surface area contributed by atoms with Crippen molar-refractivity contribution in [2.75, 3.05) is 0 Å². The molecule has 0 radical (unpaired) electrons. The Bertz CT molecular complexity index is 688. The van der Waals surface area contributed by atoms with Crippen molar-refractivity contribution in [1.82, 2.24) is 20.2 Å². The van der Waals surface area contributed by atoms with E-state index in [0.29, 0.717) is 13.1 Å². The summed E-state index contributed by atoms with van der Waals surface area (Å²) in [5.74, 6) is 0.865. The van der Waals surface area contributed by atoms with Crippen LogP contribution in [-0.2, 0) is 19.5 Å². The van der Waals surface area contributed by atoms with Crippen LogP contribution in [0.25, 0.3) is 0 Å². The van der Waals surface area contributed by atoms with Crippen molar-refractivity contribution in [3.63, 3.8) is 0 Å². The highest BCUT2D eigenvalue weighted by Crippen LogP contribution is 2.09. The van der Waals surface area contributed by atoms with Crippen molar-refractivity contribution in [3.8, 4) is 0 Å². The molecule has 0 spiro atoms. The van der Waals surface area contributed by atoms with Crippen molar-refractivity contribution >= 4 is 0 Å². The van der Waals surface area contributed by atoms with Crippen molar-refractivity contribution in [3.05, 3.63) is 77.1 Å². The highest BCUT2D eigenvalue weighted by Gasteiger charge is 2.07. The van der Waals surface area contributed by atoms with Crippen molar-refractivity contribution < 1.29 is 0 Å². The van der Waals surface area contributed by atoms with E-state index in [0.717, 1.165) is 23.4 Å². The maximum Gasteiger partial charge on any atom is 0.156 e. The van der Waals surface area contributed by atoms with Gasteiger partial charge in [-0.05, 0) is 27.1 Å². The molecule has 21 heavy (non-hydrogen) atoms. The second kappa shape index (κ2) is 6.28. The third-order valence-corrected chi connectivity index (χ3v) is 3.40. The molecule has 0 aliphatic heterocycles. The molecule has 2 aromatic carbocycles. The molecule has 106 valence electrons. The minimum Gasteiger partial charge on any atom is -0.326 e. The first-order valence-corrected chi connectivity index (χ1v) is 6.92. The molecular formula is C16H17N5. The minimum absolute atomic E-state index is 0.560. The zero-order chi connectivity index (χ0) is 14.5. The number of hydrogen-bond acceptors (Lipinski definition) is 4. The van der Waals surface area contributed by atoms with Gasteiger partial charge >= 0.3 is 0 Å². The number of hydrogen-bond donors (Lipinski definition) is 1. The van der Waals surface area contributed by atoms with Crippen molar-refractivity contribution in [2.45, 2.75) is 19.5 Å². The second-order valence-electron chi connectivity index (χ2n) is 4.94. The Morgan fingerprint density at radius 3 is 2.29 bits per heavy atom. The summed E-state index contributed by atoms with van der Waals surface area (Å²) in [6.07, 6.45) is 0.731. The van der Waals surface area contributed by atoms with Gasteiger partial charge in [-0.3, -0.25) is 0 Å². The number of aromatic nitrogens is 4. The van der Waals surface area contributed by atoms with Crippen LogP contribution in [0.4, 0.5) is 0 Å². The molecule has 3 rings (SSSR count). The van der Waals surface area contributed by atoms with E-state index in [-0.39, 0.29) is 0 Å². The topological polar surface area (TPSA) is 69.6 Å². The van der Waals surface area contributed by atoms with Gasteiger partial charge in [0, 0.05) is 13.0 Å². The van der Waals surface area contributed by atoms with E-state index in [4.69, 9.17) is 5.73 Å². The van der Waals surface area contributed by atoms with Gasteiger partial charge in [0.15, 0.2) is 5.82 Å². The largest absolute Gasteiger partial charge is 0.326 e. The van der Waals surface area contributed by atoms with Gasteiger partial charge in [0.2, 0.25) is 0 Å².